The molecule has 0 N–H and O–H groups in total. The van der Waals surface area contributed by atoms with Crippen LogP contribution in [0.5, 0.6) is 0 Å². The van der Waals surface area contributed by atoms with Gasteiger partial charge in [0.1, 0.15) is 0 Å². The number of nitrogens with zero attached hydrogens (tertiary/aromatic N) is 2. The number of halogens is 3. The minimum atomic E-state index is -0.331. The molecule has 1 aliphatic heterocycles. The number of amides is 2. The Bertz CT molecular complexity index is 1470. The molecule has 0 spiro atoms. The summed E-state index contributed by atoms with van der Waals surface area (Å²) in [6.07, 6.45) is 0. The van der Waals surface area contributed by atoms with Crippen molar-refractivity contribution in [2.45, 2.75) is 13.2 Å². The third-order valence-corrected chi connectivity index (χ3v) is 7.09. The summed E-state index contributed by atoms with van der Waals surface area (Å²) < 4.78 is 6.38. The summed E-state index contributed by atoms with van der Waals surface area (Å²) >= 11 is 16.3. The van der Waals surface area contributed by atoms with Crippen molar-refractivity contribution in [1.29, 1.82) is 0 Å². The number of carbonyl (C=O) groups is 2. The molecule has 0 unspecified atom stereocenters. The fourth-order valence-electron chi connectivity index (χ4n) is 4.29. The van der Waals surface area contributed by atoms with E-state index in [0.717, 1.165) is 21.2 Å². The molecule has 1 aliphatic rings. The van der Waals surface area contributed by atoms with Crippen LogP contribution in [0.1, 0.15) is 32.0 Å². The molecule has 3 aromatic carbocycles. The van der Waals surface area contributed by atoms with E-state index in [2.05, 4.69) is 15.9 Å². The van der Waals surface area contributed by atoms with E-state index < -0.39 is 0 Å². The van der Waals surface area contributed by atoms with Gasteiger partial charge in [0.15, 0.2) is 0 Å². The van der Waals surface area contributed by atoms with Gasteiger partial charge in [-0.05, 0) is 48.0 Å². The van der Waals surface area contributed by atoms with Crippen molar-refractivity contribution >= 4 is 50.9 Å². The number of methoxy groups -OCH3 is 1. The van der Waals surface area contributed by atoms with Crippen molar-refractivity contribution in [3.8, 4) is 22.4 Å². The highest BCUT2D eigenvalue weighted by atomic mass is 79.9. The number of benzene rings is 3. The fourth-order valence-corrected chi connectivity index (χ4v) is 5.06. The van der Waals surface area contributed by atoms with E-state index in [1.165, 1.54) is 4.90 Å². The summed E-state index contributed by atoms with van der Waals surface area (Å²) in [6, 6.07) is 21.8. The van der Waals surface area contributed by atoms with Gasteiger partial charge in [0.05, 0.1) is 35.7 Å². The lowest BCUT2D eigenvalue weighted by molar-refractivity contribution is 0.0640. The van der Waals surface area contributed by atoms with Crippen LogP contribution < -0.4 is 0 Å². The smallest absolute Gasteiger partial charge is 0.261 e. The predicted molar refractivity (Wildman–Crippen MR) is 144 cm³/mol. The number of ether oxygens (including phenoxy) is 1. The lowest BCUT2D eigenvalue weighted by Crippen LogP contribution is -2.29. The fraction of sp³-hybridized carbons (Fsp3) is 0.107. The van der Waals surface area contributed by atoms with Crippen LogP contribution in [0, 0.1) is 0 Å². The molecule has 2 amide bonds. The first kappa shape index (κ1) is 24.7. The van der Waals surface area contributed by atoms with Crippen molar-refractivity contribution < 1.29 is 14.3 Å². The van der Waals surface area contributed by atoms with Gasteiger partial charge in [0.25, 0.3) is 11.8 Å². The Balaban J connectivity index is 1.67. The normalized spacial score (nSPS) is 12.8. The van der Waals surface area contributed by atoms with Gasteiger partial charge >= 0.3 is 0 Å². The molecule has 8 heteroatoms. The predicted octanol–water partition coefficient (Wildman–Crippen LogP) is 7.43. The van der Waals surface area contributed by atoms with Gasteiger partial charge in [-0.1, -0.05) is 69.5 Å². The maximum Gasteiger partial charge on any atom is 0.261 e. The van der Waals surface area contributed by atoms with Crippen LogP contribution in [-0.2, 0) is 17.9 Å². The molecule has 5 rings (SSSR count). The molecule has 0 bridgehead atoms. The van der Waals surface area contributed by atoms with Gasteiger partial charge < -0.3 is 4.74 Å². The van der Waals surface area contributed by atoms with E-state index in [4.69, 9.17) is 32.9 Å². The molecule has 5 nitrogen and oxygen atoms in total. The second kappa shape index (κ2) is 10.1. The highest BCUT2D eigenvalue weighted by molar-refractivity contribution is 9.10. The van der Waals surface area contributed by atoms with E-state index in [1.807, 2.05) is 36.4 Å². The number of hydrogen-bond donors (Lipinski definition) is 0. The average Bonchev–Trinajstić information content (AvgIpc) is 3.10. The molecule has 0 radical (unpaired) electrons. The average molecular weight is 582 g/mol. The minimum Gasteiger partial charge on any atom is -0.378 e. The molecular formula is C28H19BrCl2N2O3. The van der Waals surface area contributed by atoms with E-state index >= 15 is 0 Å². The molecule has 0 atom stereocenters. The SMILES string of the molecule is COCc1nc(-c2ccc(Br)cc2)c(-c2ccc(Cl)cc2Cl)cc1CN1C(=O)c2ccccc2C1=O. The van der Waals surface area contributed by atoms with Crippen molar-refractivity contribution in [2.75, 3.05) is 7.11 Å². The molecule has 36 heavy (non-hydrogen) atoms. The molecule has 0 saturated heterocycles. The standard InChI is InChI=1S/C28H19BrCl2N2O3/c1-36-15-25-17(14-33-27(34)21-4-2-3-5-22(21)28(33)35)12-23(20-11-10-19(30)13-24(20)31)26(32-25)16-6-8-18(29)9-7-16/h2-13H,14-15H2,1H3. The van der Waals surface area contributed by atoms with Crippen LogP contribution in [0.4, 0.5) is 0 Å². The number of aromatic nitrogens is 1. The number of rotatable bonds is 6. The Hall–Kier alpha value is -3.03. The third-order valence-electron chi connectivity index (χ3n) is 6.02. The topological polar surface area (TPSA) is 59.5 Å². The molecule has 4 aromatic rings. The maximum atomic E-state index is 13.1. The van der Waals surface area contributed by atoms with Crippen LogP contribution in [0.3, 0.4) is 0 Å². The van der Waals surface area contributed by atoms with Crippen LogP contribution in [-0.4, -0.2) is 28.8 Å². The van der Waals surface area contributed by atoms with Crippen LogP contribution in [0.2, 0.25) is 10.0 Å². The van der Waals surface area contributed by atoms with Gasteiger partial charge in [0.2, 0.25) is 0 Å². The molecule has 0 aliphatic carbocycles. The lowest BCUT2D eigenvalue weighted by Gasteiger charge is -2.20. The van der Waals surface area contributed by atoms with Gasteiger partial charge in [0, 0.05) is 38.3 Å². The van der Waals surface area contributed by atoms with Gasteiger partial charge in [-0.3, -0.25) is 14.5 Å². The summed E-state index contributed by atoms with van der Waals surface area (Å²) in [5.74, 6) is -0.663. The van der Waals surface area contributed by atoms with Crippen molar-refractivity contribution in [1.82, 2.24) is 9.88 Å². The summed E-state index contributed by atoms with van der Waals surface area (Å²) in [5, 5.41) is 0.984. The zero-order chi connectivity index (χ0) is 25.4. The van der Waals surface area contributed by atoms with E-state index in [-0.39, 0.29) is 25.0 Å². The number of imide groups is 1. The van der Waals surface area contributed by atoms with E-state index in [9.17, 15) is 9.59 Å². The van der Waals surface area contributed by atoms with Crippen molar-refractivity contribution in [3.63, 3.8) is 0 Å². The number of pyridine rings is 1. The summed E-state index contributed by atoms with van der Waals surface area (Å²) in [5.41, 5.74) is 5.18. The second-order valence-corrected chi connectivity index (χ2v) is 10.1. The highest BCUT2D eigenvalue weighted by Gasteiger charge is 2.35. The van der Waals surface area contributed by atoms with Crippen molar-refractivity contribution in [2.24, 2.45) is 0 Å². The minimum absolute atomic E-state index is 0.0524. The number of hydrogen-bond acceptors (Lipinski definition) is 4. The van der Waals surface area contributed by atoms with Gasteiger partial charge in [-0.25, -0.2) is 4.98 Å². The first-order valence-electron chi connectivity index (χ1n) is 11.1. The van der Waals surface area contributed by atoms with E-state index in [1.54, 1.807) is 43.5 Å². The Labute approximate surface area is 226 Å². The molecule has 0 saturated carbocycles. The monoisotopic (exact) mass is 580 g/mol. The lowest BCUT2D eigenvalue weighted by atomic mass is 9.96. The van der Waals surface area contributed by atoms with Gasteiger partial charge in [-0.2, -0.15) is 0 Å². The quantitative estimate of drug-likeness (QED) is 0.222. The molecule has 1 aromatic heterocycles. The van der Waals surface area contributed by atoms with Gasteiger partial charge in [-0.15, -0.1) is 0 Å². The Morgan fingerprint density at radius 3 is 2.14 bits per heavy atom. The summed E-state index contributed by atoms with van der Waals surface area (Å²) in [4.78, 5) is 32.3. The second-order valence-electron chi connectivity index (χ2n) is 8.30. The first-order chi connectivity index (χ1) is 17.4. The van der Waals surface area contributed by atoms with E-state index in [0.29, 0.717) is 38.1 Å². The maximum absolute atomic E-state index is 13.1. The molecular weight excluding hydrogens is 563 g/mol. The largest absolute Gasteiger partial charge is 0.378 e. The zero-order valence-corrected chi connectivity index (χ0v) is 22.2. The van der Waals surface area contributed by atoms with Crippen LogP contribution in [0.15, 0.2) is 77.3 Å². The summed E-state index contributed by atoms with van der Waals surface area (Å²) in [6.45, 7) is 0.257. The number of fused-ring (bicyclic) bond motifs is 1. The molecule has 0 fully saturated rings. The Morgan fingerprint density at radius 1 is 0.861 bits per heavy atom. The molecule has 2 heterocycles. The Morgan fingerprint density at radius 2 is 1.53 bits per heavy atom. The number of carbonyl (C=O) groups excluding carboxylic acids is 2. The van der Waals surface area contributed by atoms with Crippen molar-refractivity contribution in [3.05, 3.63) is 110 Å². The van der Waals surface area contributed by atoms with Crippen LogP contribution >= 0.6 is 39.1 Å². The summed E-state index contributed by atoms with van der Waals surface area (Å²) in [7, 11) is 1.58. The molecule has 180 valence electrons. The third kappa shape index (κ3) is 4.58. The zero-order valence-electron chi connectivity index (χ0n) is 19.1. The highest BCUT2D eigenvalue weighted by Crippen LogP contribution is 2.38. The Kier molecular flexibility index (Phi) is 6.95. The van der Waals surface area contributed by atoms with Crippen LogP contribution in [0.25, 0.3) is 22.4 Å². The first-order valence-corrected chi connectivity index (χ1v) is 12.6.